The van der Waals surface area contributed by atoms with Crippen LogP contribution in [0.25, 0.3) is 10.8 Å². The Morgan fingerprint density at radius 3 is 2.79 bits per heavy atom. The predicted molar refractivity (Wildman–Crippen MR) is 78.2 cm³/mol. The SMILES string of the molecule is Cc1cc2c(Sc3nccn3C)ccc(N)c2cn1. The molecule has 2 aromatic heterocycles. The van der Waals surface area contributed by atoms with Crippen molar-refractivity contribution in [2.24, 2.45) is 7.05 Å². The van der Waals surface area contributed by atoms with Gasteiger partial charge in [-0.05, 0) is 25.1 Å². The third-order valence-corrected chi connectivity index (χ3v) is 4.16. The van der Waals surface area contributed by atoms with Crippen LogP contribution in [-0.2, 0) is 7.05 Å². The van der Waals surface area contributed by atoms with Gasteiger partial charge in [0, 0.05) is 52.7 Å². The van der Waals surface area contributed by atoms with E-state index in [4.69, 9.17) is 5.73 Å². The van der Waals surface area contributed by atoms with Crippen molar-refractivity contribution in [3.05, 3.63) is 42.5 Å². The van der Waals surface area contributed by atoms with Gasteiger partial charge in [-0.25, -0.2) is 4.98 Å². The molecule has 19 heavy (non-hydrogen) atoms. The highest BCUT2D eigenvalue weighted by Crippen LogP contribution is 2.34. The van der Waals surface area contributed by atoms with E-state index in [1.807, 2.05) is 43.1 Å². The zero-order chi connectivity index (χ0) is 13.4. The van der Waals surface area contributed by atoms with E-state index < -0.39 is 0 Å². The maximum absolute atomic E-state index is 6.01. The van der Waals surface area contributed by atoms with Crippen molar-refractivity contribution in [3.8, 4) is 0 Å². The first kappa shape index (κ1) is 12.0. The van der Waals surface area contributed by atoms with Crippen molar-refractivity contribution in [2.75, 3.05) is 5.73 Å². The average molecular weight is 270 g/mol. The number of hydrogen-bond donors (Lipinski definition) is 1. The number of benzene rings is 1. The lowest BCUT2D eigenvalue weighted by Gasteiger charge is -2.08. The molecule has 0 aliphatic heterocycles. The summed E-state index contributed by atoms with van der Waals surface area (Å²) in [5.74, 6) is 0. The van der Waals surface area contributed by atoms with Gasteiger partial charge in [-0.15, -0.1) is 0 Å². The normalized spacial score (nSPS) is 11.1. The van der Waals surface area contributed by atoms with Crippen LogP contribution in [0.3, 0.4) is 0 Å². The molecule has 0 spiro atoms. The van der Waals surface area contributed by atoms with E-state index in [1.165, 1.54) is 0 Å². The Morgan fingerprint density at radius 1 is 1.21 bits per heavy atom. The fraction of sp³-hybridized carbons (Fsp3) is 0.143. The van der Waals surface area contributed by atoms with Gasteiger partial charge in [0.2, 0.25) is 0 Å². The summed E-state index contributed by atoms with van der Waals surface area (Å²) in [5.41, 5.74) is 7.75. The zero-order valence-electron chi connectivity index (χ0n) is 10.8. The molecule has 0 aliphatic rings. The summed E-state index contributed by atoms with van der Waals surface area (Å²) >= 11 is 1.64. The first-order valence-corrected chi connectivity index (χ1v) is 6.77. The summed E-state index contributed by atoms with van der Waals surface area (Å²) in [5, 5.41) is 3.07. The number of nitrogens with zero attached hydrogens (tertiary/aromatic N) is 3. The number of aromatic nitrogens is 3. The lowest BCUT2D eigenvalue weighted by Crippen LogP contribution is -1.92. The Balaban J connectivity index is 2.16. The standard InChI is InChI=1S/C14H14N4S/c1-9-7-10-11(8-17-9)12(15)3-4-13(10)19-14-16-5-6-18(14)2/h3-8H,15H2,1-2H3. The number of anilines is 1. The van der Waals surface area contributed by atoms with Crippen LogP contribution in [0.4, 0.5) is 5.69 Å². The zero-order valence-corrected chi connectivity index (χ0v) is 11.6. The quantitative estimate of drug-likeness (QED) is 0.727. The minimum atomic E-state index is 0.756. The number of imidazole rings is 1. The van der Waals surface area contributed by atoms with Crippen molar-refractivity contribution in [2.45, 2.75) is 17.0 Å². The molecule has 4 nitrogen and oxygen atoms in total. The summed E-state index contributed by atoms with van der Waals surface area (Å²) in [6.45, 7) is 1.98. The molecule has 0 radical (unpaired) electrons. The Bertz CT molecular complexity index is 748. The third-order valence-electron chi connectivity index (χ3n) is 3.01. The van der Waals surface area contributed by atoms with Crippen LogP contribution in [0.1, 0.15) is 5.69 Å². The predicted octanol–water partition coefficient (Wildman–Crippen LogP) is 3.01. The molecule has 0 saturated carbocycles. The second-order valence-corrected chi connectivity index (χ2v) is 5.46. The van der Waals surface area contributed by atoms with E-state index in [2.05, 4.69) is 16.0 Å². The molecule has 5 heteroatoms. The number of hydrogen-bond acceptors (Lipinski definition) is 4. The Kier molecular flexibility index (Phi) is 2.91. The first-order chi connectivity index (χ1) is 9.15. The van der Waals surface area contributed by atoms with E-state index in [0.29, 0.717) is 0 Å². The van der Waals surface area contributed by atoms with Crippen LogP contribution >= 0.6 is 11.8 Å². The number of rotatable bonds is 2. The molecular formula is C14H14N4S. The summed E-state index contributed by atoms with van der Waals surface area (Å²) < 4.78 is 2.00. The van der Waals surface area contributed by atoms with Crippen LogP contribution in [-0.4, -0.2) is 14.5 Å². The van der Waals surface area contributed by atoms with E-state index in [9.17, 15) is 0 Å². The Hall–Kier alpha value is -2.01. The maximum Gasteiger partial charge on any atom is 0.172 e. The van der Waals surface area contributed by atoms with Crippen LogP contribution in [0, 0.1) is 6.92 Å². The van der Waals surface area contributed by atoms with Gasteiger partial charge in [0.15, 0.2) is 5.16 Å². The largest absolute Gasteiger partial charge is 0.398 e. The van der Waals surface area contributed by atoms with Crippen molar-refractivity contribution in [1.29, 1.82) is 0 Å². The van der Waals surface area contributed by atoms with Crippen LogP contribution in [0.5, 0.6) is 0 Å². The molecule has 96 valence electrons. The summed E-state index contributed by atoms with van der Waals surface area (Å²) in [6.07, 6.45) is 5.58. The van der Waals surface area contributed by atoms with Crippen molar-refractivity contribution < 1.29 is 0 Å². The van der Waals surface area contributed by atoms with E-state index in [-0.39, 0.29) is 0 Å². The molecule has 0 bridgehead atoms. The van der Waals surface area contributed by atoms with Gasteiger partial charge in [-0.2, -0.15) is 0 Å². The highest BCUT2D eigenvalue weighted by atomic mass is 32.2. The average Bonchev–Trinajstić information content (AvgIpc) is 2.78. The summed E-state index contributed by atoms with van der Waals surface area (Å²) in [4.78, 5) is 9.80. The van der Waals surface area contributed by atoms with Gasteiger partial charge in [0.05, 0.1) is 0 Å². The molecule has 0 atom stereocenters. The highest BCUT2D eigenvalue weighted by molar-refractivity contribution is 7.99. The van der Waals surface area contributed by atoms with E-state index >= 15 is 0 Å². The van der Waals surface area contributed by atoms with Gasteiger partial charge >= 0.3 is 0 Å². The molecule has 0 saturated heterocycles. The summed E-state index contributed by atoms with van der Waals surface area (Å²) in [6, 6.07) is 6.03. The number of fused-ring (bicyclic) bond motifs is 1. The van der Waals surface area contributed by atoms with Crippen molar-refractivity contribution in [1.82, 2.24) is 14.5 Å². The second-order valence-electron chi connectivity index (χ2n) is 4.45. The topological polar surface area (TPSA) is 56.7 Å². The summed E-state index contributed by atoms with van der Waals surface area (Å²) in [7, 11) is 1.99. The maximum atomic E-state index is 6.01. The van der Waals surface area contributed by atoms with Crippen LogP contribution in [0.15, 0.2) is 46.8 Å². The highest BCUT2D eigenvalue weighted by Gasteiger charge is 2.09. The molecular weight excluding hydrogens is 256 g/mol. The fourth-order valence-electron chi connectivity index (χ4n) is 1.98. The third kappa shape index (κ3) is 2.17. The van der Waals surface area contributed by atoms with Crippen molar-refractivity contribution in [3.63, 3.8) is 0 Å². The van der Waals surface area contributed by atoms with Gasteiger partial charge < -0.3 is 10.3 Å². The number of nitrogens with two attached hydrogens (primary N) is 1. The van der Waals surface area contributed by atoms with Gasteiger partial charge in [-0.3, -0.25) is 4.98 Å². The number of pyridine rings is 1. The van der Waals surface area contributed by atoms with Gasteiger partial charge in [-0.1, -0.05) is 11.8 Å². The second kappa shape index (κ2) is 4.59. The number of nitrogen functional groups attached to an aromatic ring is 1. The molecule has 1 aromatic carbocycles. The fourth-order valence-corrected chi connectivity index (χ4v) is 2.91. The van der Waals surface area contributed by atoms with Crippen LogP contribution in [0.2, 0.25) is 0 Å². The van der Waals surface area contributed by atoms with Gasteiger partial charge in [0.1, 0.15) is 0 Å². The van der Waals surface area contributed by atoms with E-state index in [1.54, 1.807) is 18.0 Å². The minimum absolute atomic E-state index is 0.756. The molecule has 0 unspecified atom stereocenters. The molecule has 2 heterocycles. The molecule has 0 aliphatic carbocycles. The van der Waals surface area contributed by atoms with Gasteiger partial charge in [0.25, 0.3) is 0 Å². The Labute approximate surface area is 115 Å². The lowest BCUT2D eigenvalue weighted by molar-refractivity contribution is 0.790. The molecule has 0 fully saturated rings. The molecule has 0 amide bonds. The molecule has 3 aromatic rings. The lowest BCUT2D eigenvalue weighted by atomic mass is 10.1. The van der Waals surface area contributed by atoms with Crippen LogP contribution < -0.4 is 5.73 Å². The Morgan fingerprint density at radius 2 is 2.05 bits per heavy atom. The first-order valence-electron chi connectivity index (χ1n) is 5.95. The molecule has 3 rings (SSSR count). The minimum Gasteiger partial charge on any atom is -0.398 e. The monoisotopic (exact) mass is 270 g/mol. The van der Waals surface area contributed by atoms with Crippen molar-refractivity contribution >= 4 is 28.2 Å². The molecule has 2 N–H and O–H groups in total. The number of aryl methyl sites for hydroxylation is 2. The smallest absolute Gasteiger partial charge is 0.172 e. The van der Waals surface area contributed by atoms with E-state index in [0.717, 1.165) is 32.2 Å².